The van der Waals surface area contributed by atoms with Gasteiger partial charge in [-0.05, 0) is 19.1 Å². The minimum Gasteiger partial charge on any atom is -0.487 e. The summed E-state index contributed by atoms with van der Waals surface area (Å²) >= 11 is 0. The fraction of sp³-hybridized carbons (Fsp3) is 0.500. The summed E-state index contributed by atoms with van der Waals surface area (Å²) in [5.41, 5.74) is 1.75. The van der Waals surface area contributed by atoms with Crippen molar-refractivity contribution < 1.29 is 24.8 Å². The van der Waals surface area contributed by atoms with Gasteiger partial charge in [0.25, 0.3) is 0 Å². The lowest BCUT2D eigenvalue weighted by molar-refractivity contribution is -0.171. The molecule has 8 heteroatoms. The van der Waals surface area contributed by atoms with E-state index >= 15 is 0 Å². The number of nitrogens with zero attached hydrogens (tertiary/aromatic N) is 3. The molecule has 4 atom stereocenters. The molecule has 1 fully saturated rings. The summed E-state index contributed by atoms with van der Waals surface area (Å²) in [4.78, 5) is 0. The highest BCUT2D eigenvalue weighted by Gasteiger charge is 2.39. The zero-order valence-corrected chi connectivity index (χ0v) is 13.3. The normalized spacial score (nSPS) is 27.2. The van der Waals surface area contributed by atoms with Crippen LogP contribution in [0.2, 0.25) is 0 Å². The van der Waals surface area contributed by atoms with E-state index in [1.54, 1.807) is 6.20 Å². The van der Waals surface area contributed by atoms with Crippen molar-refractivity contribution in [3.8, 4) is 5.75 Å². The number of benzene rings is 1. The van der Waals surface area contributed by atoms with Crippen LogP contribution in [0.15, 0.2) is 30.5 Å². The van der Waals surface area contributed by atoms with E-state index in [2.05, 4.69) is 10.3 Å². The van der Waals surface area contributed by atoms with E-state index in [4.69, 9.17) is 14.6 Å². The molecule has 1 aromatic carbocycles. The minimum absolute atomic E-state index is 0.130. The zero-order chi connectivity index (χ0) is 17.1. The van der Waals surface area contributed by atoms with Gasteiger partial charge in [0.05, 0.1) is 19.4 Å². The zero-order valence-electron chi connectivity index (χ0n) is 13.3. The van der Waals surface area contributed by atoms with Crippen LogP contribution in [-0.2, 0) is 11.3 Å². The Kier molecular flexibility index (Phi) is 5.10. The fourth-order valence-electron chi connectivity index (χ4n) is 2.59. The fourth-order valence-corrected chi connectivity index (χ4v) is 2.59. The Labute approximate surface area is 139 Å². The summed E-state index contributed by atoms with van der Waals surface area (Å²) in [5, 5.41) is 37.2. The number of aryl methyl sites for hydroxylation is 1. The number of aromatic nitrogens is 3. The summed E-state index contributed by atoms with van der Waals surface area (Å²) in [6, 6.07) is 7.11. The van der Waals surface area contributed by atoms with Crippen LogP contribution in [0.5, 0.6) is 5.75 Å². The number of hydrogen-bond acceptors (Lipinski definition) is 7. The molecule has 3 rings (SSSR count). The summed E-state index contributed by atoms with van der Waals surface area (Å²) in [7, 11) is 0. The van der Waals surface area contributed by atoms with Crippen molar-refractivity contribution in [1.82, 2.24) is 15.0 Å². The lowest BCUT2D eigenvalue weighted by Crippen LogP contribution is -2.52. The van der Waals surface area contributed by atoms with Crippen molar-refractivity contribution in [2.45, 2.75) is 37.9 Å². The van der Waals surface area contributed by atoms with Crippen LogP contribution in [0.25, 0.3) is 0 Å². The van der Waals surface area contributed by atoms with Crippen LogP contribution >= 0.6 is 0 Å². The van der Waals surface area contributed by atoms with E-state index in [9.17, 15) is 10.2 Å². The van der Waals surface area contributed by atoms with Crippen molar-refractivity contribution in [3.63, 3.8) is 0 Å². The summed E-state index contributed by atoms with van der Waals surface area (Å²) in [6.45, 7) is 2.03. The van der Waals surface area contributed by atoms with E-state index in [1.165, 1.54) is 4.68 Å². The van der Waals surface area contributed by atoms with Crippen molar-refractivity contribution in [2.75, 3.05) is 13.2 Å². The van der Waals surface area contributed by atoms with Gasteiger partial charge in [0.15, 0.2) is 0 Å². The molecule has 0 saturated carbocycles. The smallest absolute Gasteiger partial charge is 0.134 e. The van der Waals surface area contributed by atoms with Crippen LogP contribution in [0.3, 0.4) is 0 Å². The summed E-state index contributed by atoms with van der Waals surface area (Å²) < 4.78 is 12.4. The highest BCUT2D eigenvalue weighted by Crippen LogP contribution is 2.24. The molecule has 24 heavy (non-hydrogen) atoms. The molecule has 130 valence electrons. The van der Waals surface area contributed by atoms with Gasteiger partial charge < -0.3 is 24.8 Å². The lowest BCUT2D eigenvalue weighted by Gasteiger charge is -2.36. The van der Waals surface area contributed by atoms with Gasteiger partial charge in [-0.25, -0.2) is 4.68 Å². The summed E-state index contributed by atoms with van der Waals surface area (Å²) in [5.74, 6) is 0.734. The molecule has 8 nitrogen and oxygen atoms in total. The van der Waals surface area contributed by atoms with Crippen LogP contribution in [0.4, 0.5) is 0 Å². The van der Waals surface area contributed by atoms with Crippen LogP contribution < -0.4 is 4.74 Å². The van der Waals surface area contributed by atoms with Gasteiger partial charge in [-0.3, -0.25) is 0 Å². The first-order valence-electron chi connectivity index (χ1n) is 7.77. The Morgan fingerprint density at radius 2 is 2.00 bits per heavy atom. The van der Waals surface area contributed by atoms with Crippen LogP contribution in [-0.4, -0.2) is 61.8 Å². The molecule has 0 aliphatic carbocycles. The third-order valence-electron chi connectivity index (χ3n) is 4.09. The maximum Gasteiger partial charge on any atom is 0.134 e. The average molecular weight is 335 g/mol. The van der Waals surface area contributed by atoms with Gasteiger partial charge in [0, 0.05) is 0 Å². The third-order valence-corrected chi connectivity index (χ3v) is 4.09. The highest BCUT2D eigenvalue weighted by molar-refractivity contribution is 5.26. The predicted octanol–water partition coefficient (Wildman–Crippen LogP) is -0.180. The van der Waals surface area contributed by atoms with Crippen molar-refractivity contribution >= 4 is 0 Å². The number of hydrogen-bond donors (Lipinski definition) is 3. The molecule has 1 aromatic heterocycles. The Morgan fingerprint density at radius 1 is 1.25 bits per heavy atom. The first kappa shape index (κ1) is 16.8. The second kappa shape index (κ2) is 7.27. The van der Waals surface area contributed by atoms with Crippen LogP contribution in [0.1, 0.15) is 17.3 Å². The lowest BCUT2D eigenvalue weighted by atomic mass is 9.98. The van der Waals surface area contributed by atoms with Crippen molar-refractivity contribution in [3.05, 3.63) is 41.7 Å². The molecular formula is C16H21N3O5. The van der Waals surface area contributed by atoms with Gasteiger partial charge in [-0.1, -0.05) is 22.9 Å². The Morgan fingerprint density at radius 3 is 2.71 bits per heavy atom. The molecule has 1 saturated heterocycles. The van der Waals surface area contributed by atoms with Gasteiger partial charge in [0.2, 0.25) is 0 Å². The molecule has 2 heterocycles. The Bertz CT molecular complexity index is 660. The first-order valence-corrected chi connectivity index (χ1v) is 7.77. The molecule has 3 N–H and O–H groups in total. The molecule has 2 aromatic rings. The SMILES string of the molecule is Cc1ccc(OCc2cn([C@H]3CO[C@H](CO)[C@H](O)[C@@H]3O)nn2)cc1. The number of aliphatic hydroxyl groups excluding tert-OH is 3. The Balaban J connectivity index is 1.62. The molecule has 0 unspecified atom stereocenters. The predicted molar refractivity (Wildman–Crippen MR) is 83.4 cm³/mol. The van der Waals surface area contributed by atoms with Crippen LogP contribution in [0, 0.1) is 6.92 Å². The van der Waals surface area contributed by atoms with E-state index in [-0.39, 0.29) is 19.8 Å². The maximum atomic E-state index is 10.2. The molecule has 0 bridgehead atoms. The highest BCUT2D eigenvalue weighted by atomic mass is 16.5. The minimum atomic E-state index is -1.18. The van der Waals surface area contributed by atoms with E-state index in [0.717, 1.165) is 11.3 Å². The maximum absolute atomic E-state index is 10.2. The molecule has 0 radical (unpaired) electrons. The first-order chi connectivity index (χ1) is 11.6. The average Bonchev–Trinajstić information content (AvgIpc) is 3.05. The van der Waals surface area contributed by atoms with Gasteiger partial charge in [0.1, 0.15) is 42.4 Å². The topological polar surface area (TPSA) is 110 Å². The molecule has 1 aliphatic rings. The molecule has 0 spiro atoms. The number of ether oxygens (including phenoxy) is 2. The summed E-state index contributed by atoms with van der Waals surface area (Å²) in [6.07, 6.45) is -1.41. The van der Waals surface area contributed by atoms with Crippen molar-refractivity contribution in [1.29, 1.82) is 0 Å². The second-order valence-corrected chi connectivity index (χ2v) is 5.89. The third kappa shape index (κ3) is 3.57. The molecule has 1 aliphatic heterocycles. The molecule has 0 amide bonds. The van der Waals surface area contributed by atoms with Crippen molar-refractivity contribution in [2.24, 2.45) is 0 Å². The van der Waals surface area contributed by atoms with Gasteiger partial charge in [-0.2, -0.15) is 0 Å². The number of aliphatic hydroxyl groups is 3. The second-order valence-electron chi connectivity index (χ2n) is 5.89. The molecular weight excluding hydrogens is 314 g/mol. The van der Waals surface area contributed by atoms with E-state index < -0.39 is 24.4 Å². The van der Waals surface area contributed by atoms with E-state index in [0.29, 0.717) is 5.69 Å². The van der Waals surface area contributed by atoms with E-state index in [1.807, 2.05) is 31.2 Å². The monoisotopic (exact) mass is 335 g/mol. The van der Waals surface area contributed by atoms with Gasteiger partial charge in [-0.15, -0.1) is 5.10 Å². The number of rotatable bonds is 5. The Hall–Kier alpha value is -2.00. The quantitative estimate of drug-likeness (QED) is 0.695. The standard InChI is InChI=1S/C16H21N3O5/c1-10-2-4-12(5-3-10)23-8-11-6-19(18-17-11)13-9-24-14(7-20)16(22)15(13)21/h2-6,13-16,20-22H,7-9H2,1H3/t13-,14+,15+,16-/m0/s1. The van der Waals surface area contributed by atoms with Gasteiger partial charge >= 0.3 is 0 Å². The largest absolute Gasteiger partial charge is 0.487 e.